The van der Waals surface area contributed by atoms with Crippen LogP contribution in [0.3, 0.4) is 0 Å². The molecule has 0 aliphatic carbocycles. The van der Waals surface area contributed by atoms with E-state index < -0.39 is 0 Å². The monoisotopic (exact) mass is 289 g/mol. The van der Waals surface area contributed by atoms with Gasteiger partial charge in [0, 0.05) is 17.1 Å². The average Bonchev–Trinajstić information content (AvgIpc) is 2.43. The molecule has 0 unspecified atom stereocenters. The maximum absolute atomic E-state index is 6.24. The van der Waals surface area contributed by atoms with Gasteiger partial charge >= 0.3 is 0 Å². The van der Waals surface area contributed by atoms with Gasteiger partial charge in [0.15, 0.2) is 0 Å². The second kappa shape index (κ2) is 6.78. The number of rotatable bonds is 5. The normalized spacial score (nSPS) is 10.8. The third kappa shape index (κ3) is 3.53. The summed E-state index contributed by atoms with van der Waals surface area (Å²) in [5.41, 5.74) is 2.24. The maximum Gasteiger partial charge on any atom is 0.133 e. The van der Waals surface area contributed by atoms with Crippen LogP contribution in [0.15, 0.2) is 42.5 Å². The van der Waals surface area contributed by atoms with Crippen LogP contribution < -0.4 is 10.1 Å². The van der Waals surface area contributed by atoms with Crippen molar-refractivity contribution in [2.24, 2.45) is 0 Å². The number of hydrogen-bond acceptors (Lipinski definition) is 2. The van der Waals surface area contributed by atoms with E-state index in [2.05, 4.69) is 31.3 Å². The molecule has 2 nitrogen and oxygen atoms in total. The van der Waals surface area contributed by atoms with Crippen LogP contribution in [-0.4, -0.2) is 7.05 Å². The average molecular weight is 290 g/mol. The van der Waals surface area contributed by atoms with E-state index in [0.717, 1.165) is 22.1 Å². The molecule has 2 aromatic carbocycles. The van der Waals surface area contributed by atoms with E-state index in [1.54, 1.807) is 0 Å². The van der Waals surface area contributed by atoms with Crippen LogP contribution in [-0.2, 0) is 6.54 Å². The van der Waals surface area contributed by atoms with Crippen LogP contribution in [0.1, 0.15) is 30.9 Å². The molecule has 0 aliphatic heterocycles. The number of hydrogen-bond donors (Lipinski definition) is 1. The lowest BCUT2D eigenvalue weighted by Crippen LogP contribution is -2.07. The summed E-state index contributed by atoms with van der Waals surface area (Å²) in [5, 5.41) is 3.84. The molecular formula is C17H20ClNO. The fourth-order valence-electron chi connectivity index (χ4n) is 2.05. The minimum Gasteiger partial charge on any atom is -0.457 e. The van der Waals surface area contributed by atoms with Crippen molar-refractivity contribution in [2.75, 3.05) is 7.05 Å². The summed E-state index contributed by atoms with van der Waals surface area (Å²) in [6.07, 6.45) is 0. The van der Waals surface area contributed by atoms with Crippen LogP contribution >= 0.6 is 11.6 Å². The van der Waals surface area contributed by atoms with Gasteiger partial charge in [0.25, 0.3) is 0 Å². The molecule has 0 aliphatic rings. The molecule has 0 fully saturated rings. The fraction of sp³-hybridized carbons (Fsp3) is 0.294. The molecule has 3 heteroatoms. The topological polar surface area (TPSA) is 21.3 Å². The molecule has 0 saturated heterocycles. The molecule has 0 atom stereocenters. The van der Waals surface area contributed by atoms with Crippen molar-refractivity contribution in [3.05, 3.63) is 58.6 Å². The lowest BCUT2D eigenvalue weighted by molar-refractivity contribution is 0.473. The maximum atomic E-state index is 6.24. The first-order chi connectivity index (χ1) is 9.61. The Labute approximate surface area is 125 Å². The summed E-state index contributed by atoms with van der Waals surface area (Å²) in [6.45, 7) is 5.02. The predicted molar refractivity (Wildman–Crippen MR) is 84.8 cm³/mol. The Kier molecular flexibility index (Phi) is 5.05. The second-order valence-corrected chi connectivity index (χ2v) is 5.48. The Morgan fingerprint density at radius 2 is 1.90 bits per heavy atom. The zero-order valence-electron chi connectivity index (χ0n) is 12.1. The van der Waals surface area contributed by atoms with Gasteiger partial charge in [-0.3, -0.25) is 0 Å². The Bertz CT molecular complexity index is 581. The van der Waals surface area contributed by atoms with Crippen molar-refractivity contribution in [2.45, 2.75) is 26.3 Å². The lowest BCUT2D eigenvalue weighted by Gasteiger charge is -2.14. The van der Waals surface area contributed by atoms with E-state index in [4.69, 9.17) is 16.3 Å². The zero-order chi connectivity index (χ0) is 14.5. The van der Waals surface area contributed by atoms with Gasteiger partial charge < -0.3 is 10.1 Å². The van der Waals surface area contributed by atoms with Gasteiger partial charge in [-0.05, 0) is 42.8 Å². The Balaban J connectivity index is 2.30. The Hall–Kier alpha value is -1.51. The van der Waals surface area contributed by atoms with Gasteiger partial charge in [0.2, 0.25) is 0 Å². The molecule has 2 rings (SSSR count). The van der Waals surface area contributed by atoms with Crippen LogP contribution in [0.4, 0.5) is 0 Å². The van der Waals surface area contributed by atoms with Gasteiger partial charge in [-0.25, -0.2) is 0 Å². The summed E-state index contributed by atoms with van der Waals surface area (Å²) in [7, 11) is 1.90. The van der Waals surface area contributed by atoms with Gasteiger partial charge in [-0.2, -0.15) is 0 Å². The summed E-state index contributed by atoms with van der Waals surface area (Å²) in [4.78, 5) is 0. The summed E-state index contributed by atoms with van der Waals surface area (Å²) in [6, 6.07) is 13.9. The zero-order valence-corrected chi connectivity index (χ0v) is 12.9. The largest absolute Gasteiger partial charge is 0.457 e. The van der Waals surface area contributed by atoms with Gasteiger partial charge in [0.1, 0.15) is 11.5 Å². The molecule has 0 heterocycles. The van der Waals surface area contributed by atoms with Crippen LogP contribution in [0.2, 0.25) is 5.02 Å². The Morgan fingerprint density at radius 3 is 2.60 bits per heavy atom. The third-order valence-corrected chi connectivity index (χ3v) is 3.54. The molecule has 0 spiro atoms. The molecule has 1 N–H and O–H groups in total. The van der Waals surface area contributed by atoms with Crippen molar-refractivity contribution in [1.29, 1.82) is 0 Å². The van der Waals surface area contributed by atoms with Crippen molar-refractivity contribution < 1.29 is 4.74 Å². The van der Waals surface area contributed by atoms with Crippen LogP contribution in [0.5, 0.6) is 11.5 Å². The molecule has 0 radical (unpaired) electrons. The summed E-state index contributed by atoms with van der Waals surface area (Å²) in [5.74, 6) is 2.12. The van der Waals surface area contributed by atoms with Crippen molar-refractivity contribution in [3.63, 3.8) is 0 Å². The van der Waals surface area contributed by atoms with Crippen LogP contribution in [0.25, 0.3) is 0 Å². The molecular weight excluding hydrogens is 270 g/mol. The summed E-state index contributed by atoms with van der Waals surface area (Å²) >= 11 is 6.24. The van der Waals surface area contributed by atoms with E-state index in [9.17, 15) is 0 Å². The molecule has 106 valence electrons. The highest BCUT2D eigenvalue weighted by Gasteiger charge is 2.09. The molecule has 0 aromatic heterocycles. The van der Waals surface area contributed by atoms with E-state index in [-0.39, 0.29) is 0 Å². The lowest BCUT2D eigenvalue weighted by atomic mass is 10.0. The van der Waals surface area contributed by atoms with Gasteiger partial charge in [-0.1, -0.05) is 43.6 Å². The number of nitrogens with one attached hydrogen (secondary N) is 1. The number of benzene rings is 2. The van der Waals surface area contributed by atoms with Crippen LogP contribution in [0, 0.1) is 0 Å². The molecule has 0 amide bonds. The van der Waals surface area contributed by atoms with Gasteiger partial charge in [-0.15, -0.1) is 0 Å². The van der Waals surface area contributed by atoms with Crippen molar-refractivity contribution in [1.82, 2.24) is 5.32 Å². The number of ether oxygens (including phenoxy) is 1. The first-order valence-corrected chi connectivity index (χ1v) is 7.19. The first-order valence-electron chi connectivity index (χ1n) is 6.81. The molecule has 20 heavy (non-hydrogen) atoms. The first kappa shape index (κ1) is 14.9. The molecule has 0 bridgehead atoms. The Morgan fingerprint density at radius 1 is 1.15 bits per heavy atom. The SMILES string of the molecule is CNCc1c(Cl)cccc1Oc1cccc(C(C)C)c1. The minimum absolute atomic E-state index is 0.481. The fourth-order valence-corrected chi connectivity index (χ4v) is 2.28. The van der Waals surface area contributed by atoms with E-state index in [1.165, 1.54) is 5.56 Å². The van der Waals surface area contributed by atoms with E-state index in [1.807, 2.05) is 37.4 Å². The standard InChI is InChI=1S/C17H20ClNO/c1-12(2)13-6-4-7-14(10-13)20-17-9-5-8-16(18)15(17)11-19-3/h4-10,12,19H,11H2,1-3H3. The second-order valence-electron chi connectivity index (χ2n) is 5.08. The van der Waals surface area contributed by atoms with Crippen molar-refractivity contribution >= 4 is 11.6 Å². The van der Waals surface area contributed by atoms with E-state index >= 15 is 0 Å². The highest BCUT2D eigenvalue weighted by atomic mass is 35.5. The summed E-state index contributed by atoms with van der Waals surface area (Å²) < 4.78 is 6.01. The highest BCUT2D eigenvalue weighted by molar-refractivity contribution is 6.31. The minimum atomic E-state index is 0.481. The quantitative estimate of drug-likeness (QED) is 0.838. The highest BCUT2D eigenvalue weighted by Crippen LogP contribution is 2.31. The number of halogens is 1. The predicted octanol–water partition coefficient (Wildman–Crippen LogP) is 4.98. The molecule has 0 saturated carbocycles. The van der Waals surface area contributed by atoms with Crippen molar-refractivity contribution in [3.8, 4) is 11.5 Å². The molecule has 2 aromatic rings. The van der Waals surface area contributed by atoms with E-state index in [0.29, 0.717) is 12.5 Å². The smallest absolute Gasteiger partial charge is 0.133 e. The third-order valence-electron chi connectivity index (χ3n) is 3.18. The van der Waals surface area contributed by atoms with Gasteiger partial charge in [0.05, 0.1) is 0 Å².